The molecule has 3 nitrogen and oxygen atoms in total. The molecule has 0 radical (unpaired) electrons. The zero-order valence-electron chi connectivity index (χ0n) is 10.7. The molecule has 2 aromatic rings. The second-order valence-corrected chi connectivity index (χ2v) is 4.50. The number of nitrogens with zero attached hydrogens (tertiary/aromatic N) is 2. The van der Waals surface area contributed by atoms with Crippen molar-refractivity contribution >= 4 is 0 Å². The van der Waals surface area contributed by atoms with Crippen molar-refractivity contribution in [1.82, 2.24) is 15.1 Å². The van der Waals surface area contributed by atoms with Gasteiger partial charge in [-0.2, -0.15) is 5.10 Å². The molecule has 1 aromatic heterocycles. The van der Waals surface area contributed by atoms with Crippen LogP contribution in [0.1, 0.15) is 24.1 Å². The normalized spacial score (nSPS) is 12.6. The fraction of sp³-hybridized carbons (Fsp3) is 0.357. The number of rotatable bonds is 5. The summed E-state index contributed by atoms with van der Waals surface area (Å²) in [7, 11) is 1.91. The van der Waals surface area contributed by atoms with Crippen LogP contribution in [0.5, 0.6) is 0 Å². The van der Waals surface area contributed by atoms with E-state index in [4.69, 9.17) is 0 Å². The summed E-state index contributed by atoms with van der Waals surface area (Å²) < 4.78 is 14.9. The minimum Gasteiger partial charge on any atom is -0.310 e. The van der Waals surface area contributed by atoms with Gasteiger partial charge >= 0.3 is 0 Å². The van der Waals surface area contributed by atoms with Gasteiger partial charge in [-0.25, -0.2) is 4.39 Å². The van der Waals surface area contributed by atoms with Crippen molar-refractivity contribution in [3.8, 4) is 0 Å². The highest BCUT2D eigenvalue weighted by Gasteiger charge is 2.05. The van der Waals surface area contributed by atoms with Crippen molar-refractivity contribution in [2.24, 2.45) is 7.05 Å². The molecule has 18 heavy (non-hydrogen) atoms. The highest BCUT2D eigenvalue weighted by molar-refractivity contribution is 5.19. The van der Waals surface area contributed by atoms with Crippen molar-refractivity contribution in [2.45, 2.75) is 19.4 Å². The van der Waals surface area contributed by atoms with Gasteiger partial charge in [-0.3, -0.25) is 4.68 Å². The molecule has 0 spiro atoms. The average Bonchev–Trinajstić information content (AvgIpc) is 2.75. The summed E-state index contributed by atoms with van der Waals surface area (Å²) in [6.45, 7) is 2.89. The van der Waals surface area contributed by atoms with Gasteiger partial charge in [0.2, 0.25) is 0 Å². The van der Waals surface area contributed by atoms with Crippen LogP contribution in [-0.2, 0) is 13.5 Å². The van der Waals surface area contributed by atoms with Gasteiger partial charge in [-0.15, -0.1) is 0 Å². The summed E-state index contributed by atoms with van der Waals surface area (Å²) in [5.74, 6) is -0.187. The lowest BCUT2D eigenvalue weighted by Crippen LogP contribution is -2.21. The van der Waals surface area contributed by atoms with Crippen LogP contribution in [0, 0.1) is 5.82 Å². The number of hydrogen-bond acceptors (Lipinski definition) is 2. The van der Waals surface area contributed by atoms with E-state index >= 15 is 0 Å². The number of benzene rings is 1. The third kappa shape index (κ3) is 3.40. The highest BCUT2D eigenvalue weighted by Crippen LogP contribution is 2.13. The predicted molar refractivity (Wildman–Crippen MR) is 69.7 cm³/mol. The molecule has 2 rings (SSSR count). The lowest BCUT2D eigenvalue weighted by atomic mass is 10.1. The van der Waals surface area contributed by atoms with E-state index in [9.17, 15) is 4.39 Å². The SMILES string of the molecule is C[C@H](NCCc1cnn(C)c1)c1cccc(F)c1. The molecule has 0 aliphatic heterocycles. The van der Waals surface area contributed by atoms with Crippen LogP contribution >= 0.6 is 0 Å². The summed E-state index contributed by atoms with van der Waals surface area (Å²) >= 11 is 0. The molecule has 0 fully saturated rings. The fourth-order valence-corrected chi connectivity index (χ4v) is 1.93. The molecule has 0 unspecified atom stereocenters. The molecule has 0 amide bonds. The number of nitrogens with one attached hydrogen (secondary N) is 1. The summed E-state index contributed by atoms with van der Waals surface area (Å²) in [6, 6.07) is 6.86. The van der Waals surface area contributed by atoms with Crippen LogP contribution < -0.4 is 5.32 Å². The van der Waals surface area contributed by atoms with Crippen LogP contribution in [0.25, 0.3) is 0 Å². The first-order valence-electron chi connectivity index (χ1n) is 6.11. The van der Waals surface area contributed by atoms with Gasteiger partial charge in [0.15, 0.2) is 0 Å². The first kappa shape index (κ1) is 12.8. The molecule has 0 saturated carbocycles. The van der Waals surface area contributed by atoms with Gasteiger partial charge in [-0.1, -0.05) is 12.1 Å². The number of halogens is 1. The van der Waals surface area contributed by atoms with Gasteiger partial charge in [0.1, 0.15) is 5.82 Å². The highest BCUT2D eigenvalue weighted by atomic mass is 19.1. The Kier molecular flexibility index (Phi) is 4.10. The molecule has 1 atom stereocenters. The molecule has 0 bridgehead atoms. The van der Waals surface area contributed by atoms with Gasteiger partial charge in [0, 0.05) is 19.3 Å². The zero-order chi connectivity index (χ0) is 13.0. The molecular weight excluding hydrogens is 229 g/mol. The fourth-order valence-electron chi connectivity index (χ4n) is 1.93. The Morgan fingerprint density at radius 2 is 2.28 bits per heavy atom. The average molecular weight is 247 g/mol. The van der Waals surface area contributed by atoms with Crippen molar-refractivity contribution in [3.05, 3.63) is 53.6 Å². The quantitative estimate of drug-likeness (QED) is 0.879. The predicted octanol–water partition coefficient (Wildman–Crippen LogP) is 2.45. The summed E-state index contributed by atoms with van der Waals surface area (Å²) in [5, 5.41) is 7.50. The van der Waals surface area contributed by atoms with E-state index < -0.39 is 0 Å². The molecule has 1 heterocycles. The standard InChI is InChI=1S/C14H18FN3/c1-11(13-4-3-5-14(15)8-13)16-7-6-12-9-17-18(2)10-12/h3-5,8-11,16H,6-7H2,1-2H3/t11-/m0/s1. The summed E-state index contributed by atoms with van der Waals surface area (Å²) in [6.07, 6.45) is 4.80. The topological polar surface area (TPSA) is 29.9 Å². The Morgan fingerprint density at radius 3 is 2.94 bits per heavy atom. The minimum absolute atomic E-state index is 0.150. The lowest BCUT2D eigenvalue weighted by Gasteiger charge is -2.13. The monoisotopic (exact) mass is 247 g/mol. The van der Waals surface area contributed by atoms with Crippen molar-refractivity contribution in [3.63, 3.8) is 0 Å². The Balaban J connectivity index is 1.83. The van der Waals surface area contributed by atoms with E-state index in [0.717, 1.165) is 18.5 Å². The maximum Gasteiger partial charge on any atom is 0.123 e. The van der Waals surface area contributed by atoms with E-state index in [1.54, 1.807) is 16.8 Å². The number of aromatic nitrogens is 2. The Bertz CT molecular complexity index is 507. The third-order valence-electron chi connectivity index (χ3n) is 2.97. The molecule has 4 heteroatoms. The first-order valence-corrected chi connectivity index (χ1v) is 6.11. The van der Waals surface area contributed by atoms with Gasteiger partial charge < -0.3 is 5.32 Å². The lowest BCUT2D eigenvalue weighted by molar-refractivity contribution is 0.567. The van der Waals surface area contributed by atoms with Crippen LogP contribution in [-0.4, -0.2) is 16.3 Å². The maximum absolute atomic E-state index is 13.1. The maximum atomic E-state index is 13.1. The summed E-state index contributed by atoms with van der Waals surface area (Å²) in [5.41, 5.74) is 2.18. The number of aryl methyl sites for hydroxylation is 1. The Hall–Kier alpha value is -1.68. The van der Waals surface area contributed by atoms with Crippen LogP contribution in [0.3, 0.4) is 0 Å². The number of hydrogen-bond donors (Lipinski definition) is 1. The molecule has 0 aliphatic carbocycles. The van der Waals surface area contributed by atoms with E-state index in [1.807, 2.05) is 32.4 Å². The largest absolute Gasteiger partial charge is 0.310 e. The zero-order valence-corrected chi connectivity index (χ0v) is 10.7. The van der Waals surface area contributed by atoms with Crippen LogP contribution in [0.4, 0.5) is 4.39 Å². The van der Waals surface area contributed by atoms with Crippen LogP contribution in [0.2, 0.25) is 0 Å². The minimum atomic E-state index is -0.187. The molecular formula is C14H18FN3. The smallest absolute Gasteiger partial charge is 0.123 e. The van der Waals surface area contributed by atoms with E-state index in [2.05, 4.69) is 10.4 Å². The van der Waals surface area contributed by atoms with E-state index in [0.29, 0.717) is 0 Å². The molecule has 0 aliphatic rings. The molecule has 96 valence electrons. The van der Waals surface area contributed by atoms with Crippen molar-refractivity contribution < 1.29 is 4.39 Å². The van der Waals surface area contributed by atoms with E-state index in [1.165, 1.54) is 11.6 Å². The molecule has 1 N–H and O–H groups in total. The van der Waals surface area contributed by atoms with Crippen molar-refractivity contribution in [2.75, 3.05) is 6.54 Å². The van der Waals surface area contributed by atoms with Gasteiger partial charge in [-0.05, 0) is 43.1 Å². The van der Waals surface area contributed by atoms with Crippen molar-refractivity contribution in [1.29, 1.82) is 0 Å². The van der Waals surface area contributed by atoms with E-state index in [-0.39, 0.29) is 11.9 Å². The Morgan fingerprint density at radius 1 is 1.44 bits per heavy atom. The Labute approximate surface area is 107 Å². The summed E-state index contributed by atoms with van der Waals surface area (Å²) in [4.78, 5) is 0. The van der Waals surface area contributed by atoms with Gasteiger partial charge in [0.25, 0.3) is 0 Å². The van der Waals surface area contributed by atoms with Gasteiger partial charge in [0.05, 0.1) is 6.20 Å². The molecule has 1 aromatic carbocycles. The second kappa shape index (κ2) is 5.78. The molecule has 0 saturated heterocycles. The second-order valence-electron chi connectivity index (χ2n) is 4.50. The van der Waals surface area contributed by atoms with Crippen LogP contribution in [0.15, 0.2) is 36.7 Å². The first-order chi connectivity index (χ1) is 8.65. The third-order valence-corrected chi connectivity index (χ3v) is 2.97.